The van der Waals surface area contributed by atoms with Crippen molar-refractivity contribution in [3.63, 3.8) is 0 Å². The molecule has 1 aromatic rings. The first kappa shape index (κ1) is 14.8. The van der Waals surface area contributed by atoms with Crippen LogP contribution < -0.4 is 10.6 Å². The van der Waals surface area contributed by atoms with Crippen molar-refractivity contribution in [1.29, 1.82) is 0 Å². The van der Waals surface area contributed by atoms with Crippen LogP contribution in [0.3, 0.4) is 0 Å². The molecule has 0 bridgehead atoms. The van der Waals surface area contributed by atoms with Crippen LogP contribution in [0.2, 0.25) is 5.02 Å². The van der Waals surface area contributed by atoms with Crippen LogP contribution in [0.4, 0.5) is 4.79 Å². The van der Waals surface area contributed by atoms with E-state index in [4.69, 9.17) is 11.6 Å². The molecule has 2 N–H and O–H groups in total. The van der Waals surface area contributed by atoms with Crippen LogP contribution in [0.25, 0.3) is 0 Å². The van der Waals surface area contributed by atoms with Gasteiger partial charge in [0.05, 0.1) is 6.04 Å². The SMILES string of the molecule is CC(NC(C)c1cccc(Cl)c1)C(=O)N1CCNC1=O. The normalized spacial score (nSPS) is 17.8. The number of rotatable bonds is 4. The molecular weight excluding hydrogens is 278 g/mol. The number of urea groups is 1. The molecule has 1 aliphatic heterocycles. The topological polar surface area (TPSA) is 61.4 Å². The molecule has 108 valence electrons. The Labute approximate surface area is 123 Å². The molecule has 20 heavy (non-hydrogen) atoms. The van der Waals surface area contributed by atoms with Gasteiger partial charge >= 0.3 is 6.03 Å². The summed E-state index contributed by atoms with van der Waals surface area (Å²) in [6.07, 6.45) is 0. The number of nitrogens with one attached hydrogen (secondary N) is 2. The van der Waals surface area contributed by atoms with Crippen molar-refractivity contribution >= 4 is 23.5 Å². The van der Waals surface area contributed by atoms with Gasteiger partial charge in [-0.2, -0.15) is 0 Å². The fourth-order valence-corrected chi connectivity index (χ4v) is 2.43. The van der Waals surface area contributed by atoms with Crippen molar-refractivity contribution in [1.82, 2.24) is 15.5 Å². The van der Waals surface area contributed by atoms with E-state index in [2.05, 4.69) is 10.6 Å². The Morgan fingerprint density at radius 3 is 2.80 bits per heavy atom. The number of hydrogen-bond acceptors (Lipinski definition) is 3. The van der Waals surface area contributed by atoms with Crippen LogP contribution in [0, 0.1) is 0 Å². The third-order valence-corrected chi connectivity index (χ3v) is 3.58. The average Bonchev–Trinajstić information content (AvgIpc) is 2.84. The molecule has 5 nitrogen and oxygen atoms in total. The smallest absolute Gasteiger partial charge is 0.324 e. The zero-order valence-electron chi connectivity index (χ0n) is 11.5. The molecule has 0 spiro atoms. The highest BCUT2D eigenvalue weighted by Gasteiger charge is 2.30. The molecule has 0 saturated carbocycles. The van der Waals surface area contributed by atoms with Gasteiger partial charge in [-0.25, -0.2) is 4.79 Å². The summed E-state index contributed by atoms with van der Waals surface area (Å²) in [5.74, 6) is -0.214. The first-order valence-corrected chi connectivity index (χ1v) is 6.97. The number of halogens is 1. The van der Waals surface area contributed by atoms with E-state index in [9.17, 15) is 9.59 Å². The second-order valence-corrected chi connectivity index (χ2v) is 5.32. The van der Waals surface area contributed by atoms with Crippen LogP contribution in [0.5, 0.6) is 0 Å². The number of carbonyl (C=O) groups excluding carboxylic acids is 2. The lowest BCUT2D eigenvalue weighted by atomic mass is 10.1. The second kappa shape index (κ2) is 6.24. The van der Waals surface area contributed by atoms with Crippen LogP contribution in [-0.2, 0) is 4.79 Å². The molecule has 1 heterocycles. The van der Waals surface area contributed by atoms with E-state index in [1.54, 1.807) is 13.0 Å². The number of nitrogens with zero attached hydrogens (tertiary/aromatic N) is 1. The fraction of sp³-hybridized carbons (Fsp3) is 0.429. The summed E-state index contributed by atoms with van der Waals surface area (Å²) in [5.41, 5.74) is 1.00. The second-order valence-electron chi connectivity index (χ2n) is 4.89. The van der Waals surface area contributed by atoms with Gasteiger partial charge in [0.2, 0.25) is 5.91 Å². The van der Waals surface area contributed by atoms with Crippen molar-refractivity contribution < 1.29 is 9.59 Å². The summed E-state index contributed by atoms with van der Waals surface area (Å²) in [7, 11) is 0. The highest BCUT2D eigenvalue weighted by Crippen LogP contribution is 2.18. The minimum atomic E-state index is -0.437. The maximum Gasteiger partial charge on any atom is 0.324 e. The van der Waals surface area contributed by atoms with E-state index in [0.29, 0.717) is 18.1 Å². The quantitative estimate of drug-likeness (QED) is 0.892. The van der Waals surface area contributed by atoms with Gasteiger partial charge in [0.25, 0.3) is 0 Å². The largest absolute Gasteiger partial charge is 0.336 e. The molecule has 0 aromatic heterocycles. The Balaban J connectivity index is 1.98. The minimum Gasteiger partial charge on any atom is -0.336 e. The Morgan fingerprint density at radius 1 is 1.45 bits per heavy atom. The van der Waals surface area contributed by atoms with E-state index in [-0.39, 0.29) is 18.0 Å². The Kier molecular flexibility index (Phi) is 4.62. The molecular formula is C14H18ClN3O2. The molecule has 2 rings (SSSR count). The summed E-state index contributed by atoms with van der Waals surface area (Å²) >= 11 is 5.95. The van der Waals surface area contributed by atoms with Gasteiger partial charge in [-0.05, 0) is 31.5 Å². The number of amides is 3. The summed E-state index contributed by atoms with van der Waals surface area (Å²) in [5, 5.41) is 6.47. The number of benzene rings is 1. The predicted molar refractivity (Wildman–Crippen MR) is 77.6 cm³/mol. The van der Waals surface area contributed by atoms with E-state index in [0.717, 1.165) is 5.56 Å². The van der Waals surface area contributed by atoms with E-state index >= 15 is 0 Å². The lowest BCUT2D eigenvalue weighted by Gasteiger charge is -2.23. The van der Waals surface area contributed by atoms with Crippen molar-refractivity contribution in [3.05, 3.63) is 34.9 Å². The zero-order chi connectivity index (χ0) is 14.7. The molecule has 1 fully saturated rings. The molecule has 2 atom stereocenters. The first-order chi connectivity index (χ1) is 9.49. The molecule has 1 aliphatic rings. The van der Waals surface area contributed by atoms with Gasteiger partial charge in [-0.3, -0.25) is 15.0 Å². The number of imide groups is 1. The molecule has 3 amide bonds. The van der Waals surface area contributed by atoms with Gasteiger partial charge in [-0.1, -0.05) is 23.7 Å². The Hall–Kier alpha value is -1.59. The van der Waals surface area contributed by atoms with Crippen LogP contribution in [0.1, 0.15) is 25.5 Å². The number of carbonyl (C=O) groups is 2. The van der Waals surface area contributed by atoms with E-state index in [1.807, 2.05) is 25.1 Å². The average molecular weight is 296 g/mol. The van der Waals surface area contributed by atoms with Crippen molar-refractivity contribution in [2.45, 2.75) is 25.9 Å². The Morgan fingerprint density at radius 2 is 2.20 bits per heavy atom. The fourth-order valence-electron chi connectivity index (χ4n) is 2.23. The molecule has 1 aromatic carbocycles. The Bertz CT molecular complexity index is 521. The van der Waals surface area contributed by atoms with Gasteiger partial charge < -0.3 is 5.32 Å². The first-order valence-electron chi connectivity index (χ1n) is 6.59. The molecule has 1 saturated heterocycles. The molecule has 6 heteroatoms. The monoisotopic (exact) mass is 295 g/mol. The standard InChI is InChI=1S/C14H18ClN3O2/c1-9(11-4-3-5-12(15)8-11)17-10(2)13(19)18-7-6-16-14(18)20/h3-5,8-10,17H,6-7H2,1-2H3,(H,16,20). The molecule has 2 unspecified atom stereocenters. The van der Waals surface area contributed by atoms with Crippen LogP contribution >= 0.6 is 11.6 Å². The van der Waals surface area contributed by atoms with Crippen molar-refractivity contribution in [3.8, 4) is 0 Å². The molecule has 0 aliphatic carbocycles. The minimum absolute atomic E-state index is 0.0293. The predicted octanol–water partition coefficient (Wildman–Crippen LogP) is 1.93. The van der Waals surface area contributed by atoms with Gasteiger partial charge in [0.1, 0.15) is 0 Å². The zero-order valence-corrected chi connectivity index (χ0v) is 12.3. The van der Waals surface area contributed by atoms with Crippen LogP contribution in [0.15, 0.2) is 24.3 Å². The summed E-state index contributed by atoms with van der Waals surface area (Å²) in [4.78, 5) is 24.9. The lowest BCUT2D eigenvalue weighted by Crippen LogP contribution is -2.46. The van der Waals surface area contributed by atoms with Crippen molar-refractivity contribution in [2.75, 3.05) is 13.1 Å². The van der Waals surface area contributed by atoms with Gasteiger partial charge in [-0.15, -0.1) is 0 Å². The highest BCUT2D eigenvalue weighted by molar-refractivity contribution is 6.30. The van der Waals surface area contributed by atoms with Crippen molar-refractivity contribution in [2.24, 2.45) is 0 Å². The van der Waals surface area contributed by atoms with Gasteiger partial charge in [0.15, 0.2) is 0 Å². The maximum absolute atomic E-state index is 12.2. The molecule has 0 radical (unpaired) electrons. The van der Waals surface area contributed by atoms with Crippen LogP contribution in [-0.4, -0.2) is 36.0 Å². The maximum atomic E-state index is 12.2. The lowest BCUT2D eigenvalue weighted by molar-refractivity contribution is -0.129. The number of hydrogen-bond donors (Lipinski definition) is 2. The van der Waals surface area contributed by atoms with E-state index in [1.165, 1.54) is 4.90 Å². The summed E-state index contributed by atoms with van der Waals surface area (Å²) in [6, 6.07) is 6.70. The highest BCUT2D eigenvalue weighted by atomic mass is 35.5. The summed E-state index contributed by atoms with van der Waals surface area (Å²) in [6.45, 7) is 4.66. The third-order valence-electron chi connectivity index (χ3n) is 3.34. The third kappa shape index (κ3) is 3.29. The van der Waals surface area contributed by atoms with Gasteiger partial charge in [0, 0.05) is 24.2 Å². The summed E-state index contributed by atoms with van der Waals surface area (Å²) < 4.78 is 0. The van der Waals surface area contributed by atoms with E-state index < -0.39 is 6.04 Å².